The van der Waals surface area contributed by atoms with Crippen LogP contribution in [0.1, 0.15) is 0 Å². The van der Waals surface area contributed by atoms with Crippen LogP contribution in [0.4, 0.5) is 0 Å². The summed E-state index contributed by atoms with van der Waals surface area (Å²) in [7, 11) is 0. The minimum absolute atomic E-state index is 0.125. The van der Waals surface area contributed by atoms with Gasteiger partial charge in [0.05, 0.1) is 0 Å². The Bertz CT molecular complexity index is 8.00. The van der Waals surface area contributed by atoms with Gasteiger partial charge in [0.1, 0.15) is 0 Å². The Hall–Kier alpha value is 0.932. The topological polar surface area (TPSA) is 34.1 Å². The number of hydrogen-bond donors (Lipinski definition) is 0. The summed E-state index contributed by atoms with van der Waals surface area (Å²) in [6.07, 6.45) is 0. The zero-order valence-corrected chi connectivity index (χ0v) is 7.23. The molecule has 0 aromatic carbocycles. The van der Waals surface area contributed by atoms with Crippen molar-refractivity contribution in [3.63, 3.8) is 0 Å². The van der Waals surface area contributed by atoms with Gasteiger partial charge < -0.3 is 0 Å². The predicted molar refractivity (Wildman–Crippen MR) is 15.7 cm³/mol. The van der Waals surface area contributed by atoms with E-state index in [1.807, 2.05) is 0 Å². The van der Waals surface area contributed by atoms with E-state index in [0.29, 0.717) is 22.3 Å². The van der Waals surface area contributed by atoms with Gasteiger partial charge in [0.2, 0.25) is 0 Å². The van der Waals surface area contributed by atoms with Crippen LogP contribution in [0.2, 0.25) is 0 Å². The second kappa shape index (κ2) is 38.9. The molecule has 0 aliphatic heterocycles. The third-order valence-corrected chi connectivity index (χ3v) is 0. The quantitative estimate of drug-likeness (QED) is 0.476. The number of rotatable bonds is 0. The molecule has 0 aromatic rings. The monoisotopic (exact) mass is 238 g/mol. The van der Waals surface area contributed by atoms with E-state index in [0.717, 1.165) is 0 Å². The molecule has 0 N–H and O–H groups in total. The fourth-order valence-corrected chi connectivity index (χ4v) is 0. The van der Waals surface area contributed by atoms with E-state index in [4.69, 9.17) is 6.88 Å². The first-order valence-corrected chi connectivity index (χ1v) is 2.62. The van der Waals surface area contributed by atoms with Gasteiger partial charge in [-0.15, -0.1) is 0 Å². The molecule has 0 spiro atoms. The summed E-state index contributed by atoms with van der Waals surface area (Å²) in [6.45, 7) is 0. The molecule has 0 unspecified atom stereocenters. The van der Waals surface area contributed by atoms with E-state index < -0.39 is 0 Å². The van der Waals surface area contributed by atoms with Gasteiger partial charge in [0.15, 0.2) is 0 Å². The van der Waals surface area contributed by atoms with E-state index in [9.17, 15) is 0 Å². The van der Waals surface area contributed by atoms with Gasteiger partial charge in [-0.3, -0.25) is 0 Å². The molecule has 2 nitrogen and oxygen atoms in total. The van der Waals surface area contributed by atoms with Gasteiger partial charge >= 0.3 is 45.6 Å². The molecule has 0 aromatic heterocycles. The van der Waals surface area contributed by atoms with E-state index in [2.05, 4.69) is 0 Å². The number of hydrogen-bond acceptors (Lipinski definition) is 2. The normalized spacial score (nSPS) is 2.00. The SMILES string of the molecule is O=[Te].[O]=[GeH2]. The molecule has 0 aliphatic rings. The molecular weight excluding hydrogens is 232 g/mol. The molecule has 0 saturated heterocycles. The first kappa shape index (κ1) is 8.87. The molecule has 0 heterocycles. The maximum atomic E-state index is 8.38. The summed E-state index contributed by atoms with van der Waals surface area (Å²) in [5, 5.41) is 0. The van der Waals surface area contributed by atoms with Crippen molar-refractivity contribution < 1.29 is 6.88 Å². The summed E-state index contributed by atoms with van der Waals surface area (Å²) < 4.78 is 16.6. The van der Waals surface area contributed by atoms with Gasteiger partial charge in [0, 0.05) is 0 Å². The van der Waals surface area contributed by atoms with Gasteiger partial charge in [-0.25, -0.2) is 0 Å². The second-order valence-electron chi connectivity index (χ2n) is 0. The van der Waals surface area contributed by atoms with E-state index in [1.165, 1.54) is 0 Å². The van der Waals surface area contributed by atoms with Gasteiger partial charge in [-0.05, 0) is 0 Å². The summed E-state index contributed by atoms with van der Waals surface area (Å²) in [6, 6.07) is 0. The fraction of sp³-hybridized carbons (Fsp3) is 0. The molecule has 4 heteroatoms. The standard InChI is InChI=1S/GeH2O.OTe/c2*1-2/h1H2;. The molecule has 4 heavy (non-hydrogen) atoms. The Kier molecular flexibility index (Phi) is 86.2. The van der Waals surface area contributed by atoms with Crippen molar-refractivity contribution in [1.29, 1.82) is 0 Å². The molecule has 0 atom stereocenters. The first-order valence-electron chi connectivity index (χ1n) is 0.455. The average molecular weight is 234 g/mol. The molecule has 0 radical (unpaired) electrons. The second-order valence-corrected chi connectivity index (χ2v) is 0. The Morgan fingerprint density at radius 1 is 1.25 bits per heavy atom. The molecule has 0 saturated carbocycles. The van der Waals surface area contributed by atoms with Crippen molar-refractivity contribution in [3.8, 4) is 0 Å². The molecule has 0 bridgehead atoms. The van der Waals surface area contributed by atoms with Crippen LogP contribution in [-0.4, -0.2) is 38.7 Å². The molecule has 0 amide bonds. The molecule has 0 fully saturated rings. The third kappa shape index (κ3) is 12.6. The van der Waals surface area contributed by atoms with Crippen molar-refractivity contribution in [3.05, 3.63) is 0 Å². The van der Waals surface area contributed by atoms with E-state index in [1.54, 1.807) is 0 Å². The average Bonchev–Trinajstić information content (AvgIpc) is 1.50. The van der Waals surface area contributed by atoms with Crippen LogP contribution in [0, 0.1) is 0 Å². The van der Waals surface area contributed by atoms with Crippen LogP contribution >= 0.6 is 0 Å². The maximum absolute atomic E-state index is 8.38. The predicted octanol–water partition coefficient (Wildman–Crippen LogP) is -1.53. The van der Waals surface area contributed by atoms with Crippen LogP contribution in [0.25, 0.3) is 0 Å². The summed E-state index contributed by atoms with van der Waals surface area (Å²) in [4.78, 5) is 0. The Balaban J connectivity index is 0. The Morgan fingerprint density at radius 3 is 1.25 bits per heavy atom. The minimum atomic E-state index is 0.125. The summed E-state index contributed by atoms with van der Waals surface area (Å²) in [5.74, 6) is 0. The van der Waals surface area contributed by atoms with Gasteiger partial charge in [0.25, 0.3) is 0 Å². The Labute approximate surface area is 45.7 Å². The van der Waals surface area contributed by atoms with Crippen LogP contribution in [-0.2, 0) is 6.88 Å². The Morgan fingerprint density at radius 2 is 1.25 bits per heavy atom. The van der Waals surface area contributed by atoms with Gasteiger partial charge in [-0.1, -0.05) is 0 Å². The van der Waals surface area contributed by atoms with Crippen molar-refractivity contribution >= 4 is 38.7 Å². The van der Waals surface area contributed by atoms with Crippen molar-refractivity contribution in [2.24, 2.45) is 0 Å². The van der Waals surface area contributed by atoms with Crippen LogP contribution < -0.4 is 0 Å². The zero-order valence-electron chi connectivity index (χ0n) is 1.93. The summed E-state index contributed by atoms with van der Waals surface area (Å²) in [5.41, 5.74) is 0. The zero-order chi connectivity index (χ0) is 4.00. The van der Waals surface area contributed by atoms with Crippen molar-refractivity contribution in [1.82, 2.24) is 0 Å². The molecule has 24 valence electrons. The molecule has 0 aliphatic carbocycles. The van der Waals surface area contributed by atoms with Crippen LogP contribution in [0.5, 0.6) is 0 Å². The fourth-order valence-electron chi connectivity index (χ4n) is 0. The molecular formula is H2GeO2Te. The van der Waals surface area contributed by atoms with Crippen molar-refractivity contribution in [2.75, 3.05) is 0 Å². The first-order chi connectivity index (χ1) is 2.00. The van der Waals surface area contributed by atoms with Crippen LogP contribution in [0.3, 0.4) is 0 Å². The summed E-state index contributed by atoms with van der Waals surface area (Å²) >= 11 is 0.825. The molecule has 0 rings (SSSR count). The van der Waals surface area contributed by atoms with Crippen LogP contribution in [0.15, 0.2) is 0 Å². The third-order valence-electron chi connectivity index (χ3n) is 0. The van der Waals surface area contributed by atoms with Crippen molar-refractivity contribution in [2.45, 2.75) is 0 Å². The van der Waals surface area contributed by atoms with E-state index >= 15 is 0 Å². The van der Waals surface area contributed by atoms with E-state index in [-0.39, 0.29) is 16.5 Å². The van der Waals surface area contributed by atoms with Gasteiger partial charge in [-0.2, -0.15) is 0 Å².